The molecule has 1 aromatic carbocycles. The molecule has 6 nitrogen and oxygen atoms in total. The predicted molar refractivity (Wildman–Crippen MR) is 95.2 cm³/mol. The fourth-order valence-electron chi connectivity index (χ4n) is 3.05. The summed E-state index contributed by atoms with van der Waals surface area (Å²) in [5.74, 6) is 2.69. The first kappa shape index (κ1) is 16.2. The van der Waals surface area contributed by atoms with E-state index in [9.17, 15) is 0 Å². The molecule has 0 aliphatic carbocycles. The third-order valence-electron chi connectivity index (χ3n) is 4.41. The number of nitrogens with one attached hydrogen (secondary N) is 1. The average Bonchev–Trinajstić information content (AvgIpc) is 2.69. The number of morpholine rings is 1. The van der Waals surface area contributed by atoms with Crippen LogP contribution in [0.5, 0.6) is 11.5 Å². The van der Waals surface area contributed by atoms with Crippen molar-refractivity contribution in [3.63, 3.8) is 0 Å². The topological polar surface area (TPSA) is 55.9 Å². The standard InChI is InChI=1S/C19H23N3O3/c1-3-17-18(25-10-9-24-17)11-15(1)12-20-13-16-2-4-19(21-14-16)22-5-7-23-8-6-22/h1-4,11,14,20H,5-10,12-13H2. The minimum atomic E-state index is 0.616. The normalized spacial score (nSPS) is 16.7. The molecule has 2 aliphatic rings. The lowest BCUT2D eigenvalue weighted by Gasteiger charge is -2.27. The number of rotatable bonds is 5. The monoisotopic (exact) mass is 341 g/mol. The van der Waals surface area contributed by atoms with Gasteiger partial charge in [0.25, 0.3) is 0 Å². The Morgan fingerprint density at radius 3 is 2.44 bits per heavy atom. The van der Waals surface area contributed by atoms with E-state index in [4.69, 9.17) is 14.2 Å². The first-order valence-corrected chi connectivity index (χ1v) is 8.75. The van der Waals surface area contributed by atoms with E-state index >= 15 is 0 Å². The zero-order valence-electron chi connectivity index (χ0n) is 14.2. The van der Waals surface area contributed by atoms with Crippen molar-refractivity contribution in [3.05, 3.63) is 47.7 Å². The van der Waals surface area contributed by atoms with Gasteiger partial charge in [-0.3, -0.25) is 0 Å². The minimum absolute atomic E-state index is 0.616. The molecule has 0 bridgehead atoms. The van der Waals surface area contributed by atoms with Gasteiger partial charge in [0.05, 0.1) is 13.2 Å². The van der Waals surface area contributed by atoms with Gasteiger partial charge in [0.1, 0.15) is 19.0 Å². The quantitative estimate of drug-likeness (QED) is 0.897. The van der Waals surface area contributed by atoms with Crippen LogP contribution in [0, 0.1) is 0 Å². The van der Waals surface area contributed by atoms with Gasteiger partial charge in [-0.2, -0.15) is 0 Å². The molecular formula is C19H23N3O3. The van der Waals surface area contributed by atoms with Gasteiger partial charge in [0.2, 0.25) is 0 Å². The Bertz CT molecular complexity index is 700. The highest BCUT2D eigenvalue weighted by molar-refractivity contribution is 5.44. The Morgan fingerprint density at radius 2 is 1.64 bits per heavy atom. The highest BCUT2D eigenvalue weighted by Gasteiger charge is 2.13. The van der Waals surface area contributed by atoms with Crippen LogP contribution in [0.3, 0.4) is 0 Å². The second kappa shape index (κ2) is 7.72. The average molecular weight is 341 g/mol. The van der Waals surface area contributed by atoms with E-state index in [2.05, 4.69) is 33.4 Å². The highest BCUT2D eigenvalue weighted by atomic mass is 16.6. The van der Waals surface area contributed by atoms with Crippen molar-refractivity contribution in [2.75, 3.05) is 44.4 Å². The summed E-state index contributed by atoms with van der Waals surface area (Å²) in [6.07, 6.45) is 1.95. The number of nitrogens with zero attached hydrogens (tertiary/aromatic N) is 2. The zero-order valence-corrected chi connectivity index (χ0v) is 14.2. The maximum atomic E-state index is 5.62. The molecule has 0 unspecified atom stereocenters. The van der Waals surface area contributed by atoms with Gasteiger partial charge >= 0.3 is 0 Å². The lowest BCUT2D eigenvalue weighted by Crippen LogP contribution is -2.36. The maximum Gasteiger partial charge on any atom is 0.161 e. The molecule has 2 aliphatic heterocycles. The number of fused-ring (bicyclic) bond motifs is 1. The van der Waals surface area contributed by atoms with Gasteiger partial charge in [0.15, 0.2) is 11.5 Å². The van der Waals surface area contributed by atoms with Crippen molar-refractivity contribution in [3.8, 4) is 11.5 Å². The van der Waals surface area contributed by atoms with Crippen molar-refractivity contribution in [1.82, 2.24) is 10.3 Å². The summed E-state index contributed by atoms with van der Waals surface area (Å²) in [4.78, 5) is 6.84. The van der Waals surface area contributed by atoms with Crippen molar-refractivity contribution >= 4 is 5.82 Å². The van der Waals surface area contributed by atoms with Crippen LogP contribution in [0.1, 0.15) is 11.1 Å². The third-order valence-corrected chi connectivity index (χ3v) is 4.41. The van der Waals surface area contributed by atoms with Crippen LogP contribution in [-0.2, 0) is 17.8 Å². The maximum absolute atomic E-state index is 5.62. The van der Waals surface area contributed by atoms with E-state index < -0.39 is 0 Å². The molecule has 25 heavy (non-hydrogen) atoms. The Balaban J connectivity index is 1.29. The first-order valence-electron chi connectivity index (χ1n) is 8.75. The molecule has 0 amide bonds. The number of hydrogen-bond acceptors (Lipinski definition) is 6. The SMILES string of the molecule is c1cc(N2CCOCC2)ncc1CNCc1ccc2c(c1)OCCO2. The number of pyridine rings is 1. The summed E-state index contributed by atoms with van der Waals surface area (Å²) in [6.45, 7) is 6.18. The highest BCUT2D eigenvalue weighted by Crippen LogP contribution is 2.30. The van der Waals surface area contributed by atoms with Gasteiger partial charge in [-0.1, -0.05) is 12.1 Å². The molecule has 1 aromatic heterocycles. The van der Waals surface area contributed by atoms with Gasteiger partial charge in [-0.15, -0.1) is 0 Å². The molecule has 1 N–H and O–H groups in total. The van der Waals surface area contributed by atoms with E-state index in [1.54, 1.807) is 0 Å². The molecule has 2 aromatic rings. The number of benzene rings is 1. The van der Waals surface area contributed by atoms with Crippen LogP contribution < -0.4 is 19.7 Å². The Morgan fingerprint density at radius 1 is 0.880 bits per heavy atom. The van der Waals surface area contributed by atoms with Crippen LogP contribution in [0.15, 0.2) is 36.5 Å². The number of aromatic nitrogens is 1. The van der Waals surface area contributed by atoms with Crippen LogP contribution in [0.25, 0.3) is 0 Å². The van der Waals surface area contributed by atoms with E-state index in [0.717, 1.165) is 56.7 Å². The number of anilines is 1. The summed E-state index contributed by atoms with van der Waals surface area (Å²) in [6, 6.07) is 10.3. The summed E-state index contributed by atoms with van der Waals surface area (Å²) in [5.41, 5.74) is 2.36. The smallest absolute Gasteiger partial charge is 0.161 e. The van der Waals surface area contributed by atoms with E-state index in [0.29, 0.717) is 13.2 Å². The second-order valence-electron chi connectivity index (χ2n) is 6.21. The number of hydrogen-bond donors (Lipinski definition) is 1. The molecule has 4 rings (SSSR count). The van der Waals surface area contributed by atoms with Crippen molar-refractivity contribution in [2.45, 2.75) is 13.1 Å². The van der Waals surface area contributed by atoms with Gasteiger partial charge in [-0.05, 0) is 29.3 Å². The molecule has 6 heteroatoms. The lowest BCUT2D eigenvalue weighted by molar-refractivity contribution is 0.122. The van der Waals surface area contributed by atoms with E-state index in [-0.39, 0.29) is 0 Å². The fraction of sp³-hybridized carbons (Fsp3) is 0.421. The van der Waals surface area contributed by atoms with E-state index in [1.807, 2.05) is 18.3 Å². The van der Waals surface area contributed by atoms with Crippen LogP contribution in [-0.4, -0.2) is 44.5 Å². The molecule has 0 spiro atoms. The fourth-order valence-corrected chi connectivity index (χ4v) is 3.05. The van der Waals surface area contributed by atoms with Crippen LogP contribution >= 0.6 is 0 Å². The molecule has 0 saturated carbocycles. The summed E-state index contributed by atoms with van der Waals surface area (Å²) in [5, 5.41) is 3.45. The predicted octanol–water partition coefficient (Wildman–Crippen LogP) is 1.98. The Labute approximate surface area is 147 Å². The lowest BCUT2D eigenvalue weighted by atomic mass is 10.2. The molecule has 0 atom stereocenters. The third kappa shape index (κ3) is 4.03. The van der Waals surface area contributed by atoms with Crippen molar-refractivity contribution in [2.24, 2.45) is 0 Å². The minimum Gasteiger partial charge on any atom is -0.486 e. The molecule has 1 saturated heterocycles. The molecule has 0 radical (unpaired) electrons. The second-order valence-corrected chi connectivity index (χ2v) is 6.21. The van der Waals surface area contributed by atoms with Gasteiger partial charge in [0, 0.05) is 32.4 Å². The molecule has 132 valence electrons. The van der Waals surface area contributed by atoms with Crippen LogP contribution in [0.2, 0.25) is 0 Å². The largest absolute Gasteiger partial charge is 0.486 e. The number of ether oxygens (including phenoxy) is 3. The van der Waals surface area contributed by atoms with Gasteiger partial charge < -0.3 is 24.4 Å². The molecule has 3 heterocycles. The zero-order chi connectivity index (χ0) is 16.9. The van der Waals surface area contributed by atoms with Gasteiger partial charge in [-0.25, -0.2) is 4.98 Å². The molecule has 1 fully saturated rings. The Kier molecular flexibility index (Phi) is 4.99. The first-order chi connectivity index (χ1) is 12.4. The Hall–Kier alpha value is -2.31. The van der Waals surface area contributed by atoms with Crippen molar-refractivity contribution in [1.29, 1.82) is 0 Å². The summed E-state index contributed by atoms with van der Waals surface area (Å²) in [7, 11) is 0. The van der Waals surface area contributed by atoms with Crippen LogP contribution in [0.4, 0.5) is 5.82 Å². The van der Waals surface area contributed by atoms with Crippen molar-refractivity contribution < 1.29 is 14.2 Å². The summed E-state index contributed by atoms with van der Waals surface area (Å²) < 4.78 is 16.5. The summed E-state index contributed by atoms with van der Waals surface area (Å²) >= 11 is 0. The molecular weight excluding hydrogens is 318 g/mol. The van der Waals surface area contributed by atoms with E-state index in [1.165, 1.54) is 11.1 Å².